The fourth-order valence-corrected chi connectivity index (χ4v) is 2.04. The van der Waals surface area contributed by atoms with Crippen LogP contribution in [0.2, 0.25) is 0 Å². The molecule has 0 aromatic carbocycles. The summed E-state index contributed by atoms with van der Waals surface area (Å²) in [7, 11) is 1.66. The maximum atomic E-state index is 11.1. The van der Waals surface area contributed by atoms with Crippen molar-refractivity contribution >= 4 is 11.6 Å². The number of rotatable bonds is 5. The summed E-state index contributed by atoms with van der Waals surface area (Å²) in [6.07, 6.45) is 5.57. The molecule has 5 heteroatoms. The predicted molar refractivity (Wildman–Crippen MR) is 86.2 cm³/mol. The number of hydrazone groups is 1. The number of hydrogen-bond donors (Lipinski definition) is 1. The minimum absolute atomic E-state index is 0.348. The molecule has 0 radical (unpaired) electrons. The van der Waals surface area contributed by atoms with Gasteiger partial charge in [-0.3, -0.25) is 0 Å². The first kappa shape index (κ1) is 17.4. The lowest BCUT2D eigenvalue weighted by Crippen LogP contribution is -2.18. The van der Waals surface area contributed by atoms with Crippen LogP contribution in [0.1, 0.15) is 50.7 Å². The molecule has 0 saturated carbocycles. The van der Waals surface area contributed by atoms with E-state index < -0.39 is 0 Å². The number of unbranched alkanes of at least 4 members (excludes halogenated alkanes) is 2. The third kappa shape index (κ3) is 5.71. The highest BCUT2D eigenvalue weighted by atomic mass is 16.5. The normalized spacial score (nSPS) is 12.7. The van der Waals surface area contributed by atoms with Crippen molar-refractivity contribution in [2.24, 2.45) is 5.10 Å². The van der Waals surface area contributed by atoms with Gasteiger partial charge in [-0.2, -0.15) is 5.10 Å². The second-order valence-electron chi connectivity index (χ2n) is 5.12. The van der Waals surface area contributed by atoms with E-state index >= 15 is 0 Å². The summed E-state index contributed by atoms with van der Waals surface area (Å²) < 4.78 is 10.0. The molecule has 0 fully saturated rings. The molecule has 1 N–H and O–H groups in total. The number of anilines is 1. The zero-order chi connectivity index (χ0) is 15.7. The van der Waals surface area contributed by atoms with Gasteiger partial charge in [0.1, 0.15) is 0 Å². The van der Waals surface area contributed by atoms with Crippen LogP contribution in [-0.2, 0) is 11.2 Å². The number of nitrogens with one attached hydrogen (secondary N) is 1. The lowest BCUT2D eigenvalue weighted by molar-refractivity contribution is 0.207. The smallest absolute Gasteiger partial charge is 0.337 e. The Kier molecular flexibility index (Phi) is 7.75. The molecule has 0 bridgehead atoms. The van der Waals surface area contributed by atoms with Gasteiger partial charge in [-0.25, -0.2) is 10.2 Å². The molecule has 0 unspecified atom stereocenters. The molecule has 0 atom stereocenters. The largest absolute Gasteiger partial charge is 0.405 e. The summed E-state index contributed by atoms with van der Waals surface area (Å²) in [6.45, 7) is 6.97. The first-order valence-corrected chi connectivity index (χ1v) is 7.56. The molecular formula is C16H26N2O3. The highest BCUT2D eigenvalue weighted by Gasteiger charge is 2.17. The molecule has 118 valence electrons. The Morgan fingerprint density at radius 1 is 1.38 bits per heavy atom. The van der Waals surface area contributed by atoms with Crippen molar-refractivity contribution in [3.05, 3.63) is 27.6 Å². The Morgan fingerprint density at radius 3 is 2.67 bits per heavy atom. The van der Waals surface area contributed by atoms with E-state index in [0.717, 1.165) is 23.3 Å². The monoisotopic (exact) mass is 294 g/mol. The van der Waals surface area contributed by atoms with Crippen molar-refractivity contribution in [3.63, 3.8) is 0 Å². The zero-order valence-electron chi connectivity index (χ0n) is 13.5. The van der Waals surface area contributed by atoms with E-state index in [1.165, 1.54) is 25.3 Å². The van der Waals surface area contributed by atoms with E-state index in [4.69, 9.17) is 9.15 Å². The third-order valence-corrected chi connectivity index (χ3v) is 3.29. The summed E-state index contributed by atoms with van der Waals surface area (Å²) in [4.78, 5) is 11.1. The van der Waals surface area contributed by atoms with Crippen LogP contribution in [0.5, 0.6) is 0 Å². The SMILES string of the molecule is CCCCC.COCCC1=NNc2oc(=O)cc(C)c2C1. The second kappa shape index (κ2) is 9.34. The van der Waals surface area contributed by atoms with E-state index in [1.54, 1.807) is 7.11 Å². The van der Waals surface area contributed by atoms with Crippen molar-refractivity contribution in [1.29, 1.82) is 0 Å². The van der Waals surface area contributed by atoms with Crippen molar-refractivity contribution < 1.29 is 9.15 Å². The summed E-state index contributed by atoms with van der Waals surface area (Å²) >= 11 is 0. The van der Waals surface area contributed by atoms with E-state index in [1.807, 2.05) is 6.92 Å². The molecule has 0 saturated heterocycles. The van der Waals surface area contributed by atoms with Crippen LogP contribution >= 0.6 is 0 Å². The van der Waals surface area contributed by atoms with Gasteiger partial charge in [0, 0.05) is 37.3 Å². The highest BCUT2D eigenvalue weighted by Crippen LogP contribution is 2.22. The number of hydrogen-bond acceptors (Lipinski definition) is 5. The summed E-state index contributed by atoms with van der Waals surface area (Å²) in [5.41, 5.74) is 5.36. The predicted octanol–water partition coefficient (Wildman–Crippen LogP) is 3.51. The van der Waals surface area contributed by atoms with Gasteiger partial charge in [0.25, 0.3) is 0 Å². The van der Waals surface area contributed by atoms with Gasteiger partial charge in [0.05, 0.1) is 6.61 Å². The lowest BCUT2D eigenvalue weighted by atomic mass is 10.0. The molecule has 0 amide bonds. The fourth-order valence-electron chi connectivity index (χ4n) is 2.04. The molecule has 1 aromatic heterocycles. The first-order valence-electron chi connectivity index (χ1n) is 7.56. The molecular weight excluding hydrogens is 268 g/mol. The summed E-state index contributed by atoms with van der Waals surface area (Å²) in [5.74, 6) is 0.464. The minimum atomic E-state index is -0.348. The van der Waals surface area contributed by atoms with Crippen molar-refractivity contribution in [2.75, 3.05) is 19.1 Å². The minimum Gasteiger partial charge on any atom is -0.405 e. The number of methoxy groups -OCH3 is 1. The topological polar surface area (TPSA) is 63.8 Å². The van der Waals surface area contributed by atoms with Gasteiger partial charge < -0.3 is 9.15 Å². The number of aryl methyl sites for hydroxylation is 1. The quantitative estimate of drug-likeness (QED) is 0.902. The molecule has 0 aliphatic carbocycles. The van der Waals surface area contributed by atoms with Gasteiger partial charge in [-0.05, 0) is 12.5 Å². The average molecular weight is 294 g/mol. The van der Waals surface area contributed by atoms with E-state index in [0.29, 0.717) is 18.9 Å². The Bertz CT molecular complexity index is 519. The van der Waals surface area contributed by atoms with Crippen LogP contribution in [0.4, 0.5) is 5.88 Å². The van der Waals surface area contributed by atoms with Crippen LogP contribution in [0.3, 0.4) is 0 Å². The Labute approximate surface area is 126 Å². The Hall–Kier alpha value is -1.62. The van der Waals surface area contributed by atoms with Gasteiger partial charge in [0.15, 0.2) is 0 Å². The molecule has 2 rings (SSSR count). The van der Waals surface area contributed by atoms with Crippen LogP contribution in [0.15, 0.2) is 20.4 Å². The second-order valence-corrected chi connectivity index (χ2v) is 5.12. The summed E-state index contributed by atoms with van der Waals surface area (Å²) in [5, 5.41) is 4.14. The maximum absolute atomic E-state index is 11.1. The van der Waals surface area contributed by atoms with Gasteiger partial charge in [-0.1, -0.05) is 33.1 Å². The van der Waals surface area contributed by atoms with E-state index in [9.17, 15) is 4.79 Å². The molecule has 1 aromatic rings. The standard InChI is InChI=1S/C11H14N2O3.C5H12/c1-7-5-10(14)16-11-9(7)6-8(12-13-11)3-4-15-2;1-3-5-4-2/h5,13H,3-4,6H2,1-2H3;3-5H2,1-2H3. The maximum Gasteiger partial charge on any atom is 0.337 e. The van der Waals surface area contributed by atoms with Crippen LogP contribution in [-0.4, -0.2) is 19.4 Å². The Balaban J connectivity index is 0.000000383. The zero-order valence-corrected chi connectivity index (χ0v) is 13.5. The molecule has 0 spiro atoms. The lowest BCUT2D eigenvalue weighted by Gasteiger charge is -2.16. The van der Waals surface area contributed by atoms with Crippen LogP contribution < -0.4 is 11.1 Å². The van der Waals surface area contributed by atoms with Gasteiger partial charge in [-0.15, -0.1) is 0 Å². The van der Waals surface area contributed by atoms with Crippen molar-refractivity contribution in [3.8, 4) is 0 Å². The number of ether oxygens (including phenoxy) is 1. The molecule has 5 nitrogen and oxygen atoms in total. The van der Waals surface area contributed by atoms with E-state index in [-0.39, 0.29) is 5.63 Å². The van der Waals surface area contributed by atoms with Crippen molar-refractivity contribution in [2.45, 2.75) is 52.9 Å². The molecule has 2 heterocycles. The van der Waals surface area contributed by atoms with Gasteiger partial charge >= 0.3 is 5.63 Å². The fraction of sp³-hybridized carbons (Fsp3) is 0.625. The highest BCUT2D eigenvalue weighted by molar-refractivity contribution is 5.90. The van der Waals surface area contributed by atoms with E-state index in [2.05, 4.69) is 24.4 Å². The molecule has 21 heavy (non-hydrogen) atoms. The van der Waals surface area contributed by atoms with Crippen LogP contribution in [0, 0.1) is 6.92 Å². The van der Waals surface area contributed by atoms with Gasteiger partial charge in [0.2, 0.25) is 5.88 Å². The van der Waals surface area contributed by atoms with Crippen molar-refractivity contribution in [1.82, 2.24) is 0 Å². The van der Waals surface area contributed by atoms with Crippen LogP contribution in [0.25, 0.3) is 0 Å². The third-order valence-electron chi connectivity index (χ3n) is 3.29. The number of fused-ring (bicyclic) bond motifs is 1. The number of nitrogens with zero attached hydrogens (tertiary/aromatic N) is 1. The Morgan fingerprint density at radius 2 is 2.10 bits per heavy atom. The molecule has 1 aliphatic rings. The average Bonchev–Trinajstić information content (AvgIpc) is 2.47. The molecule has 1 aliphatic heterocycles. The first-order chi connectivity index (χ1) is 10.1. The summed E-state index contributed by atoms with van der Waals surface area (Å²) in [6, 6.07) is 1.50.